The molecule has 0 radical (unpaired) electrons. The number of carbonyl (C=O) groups is 1. The van der Waals surface area contributed by atoms with E-state index in [1.807, 2.05) is 30.3 Å². The summed E-state index contributed by atoms with van der Waals surface area (Å²) in [5, 5.41) is 23.5. The second kappa shape index (κ2) is 9.63. The summed E-state index contributed by atoms with van der Waals surface area (Å²) in [5.41, 5.74) is 1.26. The van der Waals surface area contributed by atoms with Crippen molar-refractivity contribution >= 4 is 29.3 Å². The van der Waals surface area contributed by atoms with Crippen molar-refractivity contribution in [3.63, 3.8) is 0 Å². The van der Waals surface area contributed by atoms with Gasteiger partial charge in [-0.2, -0.15) is 0 Å². The highest BCUT2D eigenvalue weighted by Gasteiger charge is 2.21. The predicted octanol–water partition coefficient (Wildman–Crippen LogP) is 3.70. The topological polar surface area (TPSA) is 78.8 Å². The predicted molar refractivity (Wildman–Crippen MR) is 96.7 cm³/mol. The zero-order valence-electron chi connectivity index (χ0n) is 13.4. The first-order chi connectivity index (χ1) is 12.0. The number of carbonyl (C=O) groups excluding carboxylic acids is 1. The van der Waals surface area contributed by atoms with E-state index in [1.165, 1.54) is 6.07 Å². The number of rotatable bonds is 7. The number of alkyl carbamates (subject to hydrolysis) is 1. The summed E-state index contributed by atoms with van der Waals surface area (Å²) in [7, 11) is 0. The summed E-state index contributed by atoms with van der Waals surface area (Å²) in [6.07, 6.45) is -2.71. The lowest BCUT2D eigenvalue weighted by Gasteiger charge is -2.19. The number of aliphatic hydroxyl groups excluding tert-OH is 2. The Hall–Kier alpha value is -1.79. The summed E-state index contributed by atoms with van der Waals surface area (Å²) in [6.45, 7) is 0.315. The van der Waals surface area contributed by atoms with Crippen molar-refractivity contribution in [1.29, 1.82) is 0 Å². The molecule has 5 nitrogen and oxygen atoms in total. The van der Waals surface area contributed by atoms with Gasteiger partial charge in [-0.05, 0) is 24.1 Å². The van der Waals surface area contributed by atoms with Crippen molar-refractivity contribution in [2.24, 2.45) is 0 Å². The minimum Gasteiger partial charge on any atom is -0.445 e. The second-order valence-corrected chi connectivity index (χ2v) is 6.30. The number of ether oxygens (including phenoxy) is 1. The molecule has 0 saturated carbocycles. The van der Waals surface area contributed by atoms with Crippen LogP contribution < -0.4 is 5.32 Å². The van der Waals surface area contributed by atoms with E-state index in [0.29, 0.717) is 10.6 Å². The van der Waals surface area contributed by atoms with Gasteiger partial charge < -0.3 is 20.3 Å². The molecule has 0 aliphatic rings. The maximum atomic E-state index is 11.6. The van der Waals surface area contributed by atoms with Crippen LogP contribution in [-0.4, -0.2) is 29.0 Å². The molecule has 0 saturated heterocycles. The maximum absolute atomic E-state index is 11.6. The summed E-state index contributed by atoms with van der Waals surface area (Å²) in [4.78, 5) is 11.6. The van der Waals surface area contributed by atoms with Crippen LogP contribution in [0.5, 0.6) is 0 Å². The van der Waals surface area contributed by atoms with Crippen LogP contribution in [0.2, 0.25) is 10.0 Å². The molecule has 2 unspecified atom stereocenters. The second-order valence-electron chi connectivity index (χ2n) is 5.46. The molecule has 134 valence electrons. The zero-order chi connectivity index (χ0) is 18.2. The van der Waals surface area contributed by atoms with Gasteiger partial charge in [-0.15, -0.1) is 0 Å². The monoisotopic (exact) mass is 383 g/mol. The highest BCUT2D eigenvalue weighted by atomic mass is 35.5. The van der Waals surface area contributed by atoms with E-state index in [4.69, 9.17) is 27.9 Å². The molecule has 3 N–H and O–H groups in total. The summed E-state index contributed by atoms with van der Waals surface area (Å²) < 4.78 is 5.06. The van der Waals surface area contributed by atoms with E-state index < -0.39 is 18.3 Å². The minimum absolute atomic E-state index is 0.139. The Bertz CT molecular complexity index is 697. The molecule has 1 amide bonds. The van der Waals surface area contributed by atoms with Gasteiger partial charge in [0.2, 0.25) is 0 Å². The fourth-order valence-corrected chi connectivity index (χ4v) is 2.72. The Morgan fingerprint density at radius 2 is 1.84 bits per heavy atom. The number of hydrogen-bond acceptors (Lipinski definition) is 4. The molecule has 0 aromatic heterocycles. The van der Waals surface area contributed by atoms with Crippen LogP contribution in [0.4, 0.5) is 4.79 Å². The number of benzene rings is 2. The number of amides is 1. The van der Waals surface area contributed by atoms with Gasteiger partial charge in [0.05, 0.1) is 6.10 Å². The maximum Gasteiger partial charge on any atom is 0.407 e. The molecule has 0 heterocycles. The Balaban J connectivity index is 1.74. The quantitative estimate of drug-likeness (QED) is 0.680. The van der Waals surface area contributed by atoms with Crippen molar-refractivity contribution in [2.45, 2.75) is 25.2 Å². The third-order valence-corrected chi connectivity index (χ3v) is 4.13. The summed E-state index contributed by atoms with van der Waals surface area (Å²) >= 11 is 11.8. The lowest BCUT2D eigenvalue weighted by Crippen LogP contribution is -2.29. The lowest BCUT2D eigenvalue weighted by atomic mass is 10.0. The molecule has 7 heteroatoms. The van der Waals surface area contributed by atoms with Crippen molar-refractivity contribution in [3.05, 3.63) is 69.7 Å². The van der Waals surface area contributed by atoms with Crippen molar-refractivity contribution < 1.29 is 19.7 Å². The largest absolute Gasteiger partial charge is 0.445 e. The van der Waals surface area contributed by atoms with Gasteiger partial charge in [-0.25, -0.2) is 4.79 Å². The van der Waals surface area contributed by atoms with Crippen LogP contribution in [0.25, 0.3) is 0 Å². The third kappa shape index (κ3) is 6.21. The van der Waals surface area contributed by atoms with E-state index in [1.54, 1.807) is 12.1 Å². The van der Waals surface area contributed by atoms with E-state index in [2.05, 4.69) is 5.32 Å². The highest BCUT2D eigenvalue weighted by Crippen LogP contribution is 2.28. The number of aliphatic hydroxyl groups is 2. The van der Waals surface area contributed by atoms with Crippen LogP contribution in [0.1, 0.15) is 23.7 Å². The molecule has 0 aliphatic carbocycles. The molecule has 2 rings (SSSR count). The average molecular weight is 384 g/mol. The van der Waals surface area contributed by atoms with Gasteiger partial charge in [0.1, 0.15) is 12.7 Å². The SMILES string of the molecule is O=C(NCCC(O)C(O)c1ccc(Cl)cc1Cl)OCc1ccccc1. The van der Waals surface area contributed by atoms with E-state index in [-0.39, 0.29) is 24.6 Å². The smallest absolute Gasteiger partial charge is 0.407 e. The highest BCUT2D eigenvalue weighted by molar-refractivity contribution is 6.35. The normalized spacial score (nSPS) is 13.1. The molecule has 0 fully saturated rings. The van der Waals surface area contributed by atoms with Crippen LogP contribution >= 0.6 is 23.2 Å². The third-order valence-electron chi connectivity index (χ3n) is 3.57. The van der Waals surface area contributed by atoms with Crippen molar-refractivity contribution in [2.75, 3.05) is 6.54 Å². The molecular weight excluding hydrogens is 365 g/mol. The van der Waals surface area contributed by atoms with E-state index in [9.17, 15) is 15.0 Å². The Morgan fingerprint density at radius 3 is 2.52 bits per heavy atom. The van der Waals surface area contributed by atoms with Gasteiger partial charge in [-0.1, -0.05) is 59.6 Å². The fraction of sp³-hybridized carbons (Fsp3) is 0.278. The first-order valence-electron chi connectivity index (χ1n) is 7.73. The standard InChI is InChI=1S/C18H19Cl2NO4/c19-13-6-7-14(15(20)10-13)17(23)16(22)8-9-21-18(24)25-11-12-4-2-1-3-5-12/h1-7,10,16-17,22-23H,8-9,11H2,(H,21,24). The van der Waals surface area contributed by atoms with Crippen molar-refractivity contribution in [1.82, 2.24) is 5.32 Å². The fourth-order valence-electron chi connectivity index (χ4n) is 2.20. The van der Waals surface area contributed by atoms with Gasteiger partial charge in [-0.3, -0.25) is 0 Å². The van der Waals surface area contributed by atoms with Crippen molar-refractivity contribution in [3.8, 4) is 0 Å². The number of halogens is 2. The molecule has 0 spiro atoms. The molecule has 2 aromatic rings. The van der Waals surface area contributed by atoms with Gasteiger partial charge in [0.15, 0.2) is 0 Å². The summed E-state index contributed by atoms with van der Waals surface area (Å²) in [5.74, 6) is 0. The Morgan fingerprint density at radius 1 is 1.12 bits per heavy atom. The van der Waals surface area contributed by atoms with Gasteiger partial charge in [0.25, 0.3) is 0 Å². The first-order valence-corrected chi connectivity index (χ1v) is 8.48. The molecule has 2 atom stereocenters. The molecular formula is C18H19Cl2NO4. The van der Waals surface area contributed by atoms with Crippen LogP contribution in [0.15, 0.2) is 48.5 Å². The van der Waals surface area contributed by atoms with Crippen LogP contribution in [-0.2, 0) is 11.3 Å². The molecule has 0 bridgehead atoms. The average Bonchev–Trinajstić information content (AvgIpc) is 2.60. The Kier molecular flexibility index (Phi) is 7.52. The first kappa shape index (κ1) is 19.5. The van der Waals surface area contributed by atoms with E-state index >= 15 is 0 Å². The molecule has 2 aromatic carbocycles. The molecule has 25 heavy (non-hydrogen) atoms. The van der Waals surface area contributed by atoms with Crippen LogP contribution in [0.3, 0.4) is 0 Å². The Labute approximate surface area is 156 Å². The number of nitrogens with one attached hydrogen (secondary N) is 1. The van der Waals surface area contributed by atoms with Crippen LogP contribution in [0, 0.1) is 0 Å². The minimum atomic E-state index is -1.17. The zero-order valence-corrected chi connectivity index (χ0v) is 14.9. The lowest BCUT2D eigenvalue weighted by molar-refractivity contribution is 0.0137. The van der Waals surface area contributed by atoms with Gasteiger partial charge in [0, 0.05) is 22.2 Å². The number of hydrogen-bond donors (Lipinski definition) is 3. The molecule has 0 aliphatic heterocycles. The van der Waals surface area contributed by atoms with Gasteiger partial charge >= 0.3 is 6.09 Å². The summed E-state index contributed by atoms with van der Waals surface area (Å²) in [6, 6.07) is 13.9. The van der Waals surface area contributed by atoms with E-state index in [0.717, 1.165) is 5.56 Å².